The van der Waals surface area contributed by atoms with Crippen molar-refractivity contribution in [3.63, 3.8) is 0 Å². The lowest BCUT2D eigenvalue weighted by Crippen LogP contribution is -2.29. The molecule has 1 heterocycles. The number of nitrogen functional groups attached to an aromatic ring is 1. The van der Waals surface area contributed by atoms with Crippen LogP contribution in [0.15, 0.2) is 18.2 Å². The second-order valence-corrected chi connectivity index (χ2v) is 5.52. The smallest absolute Gasteiger partial charge is 0.254 e. The number of carbonyl (C=O) groups excluding carboxylic acids is 1. The summed E-state index contributed by atoms with van der Waals surface area (Å²) in [4.78, 5) is 14.3. The van der Waals surface area contributed by atoms with E-state index in [2.05, 4.69) is 13.8 Å². The molecule has 1 aliphatic heterocycles. The van der Waals surface area contributed by atoms with Crippen molar-refractivity contribution in [2.45, 2.75) is 46.1 Å². The molecule has 0 saturated heterocycles. The zero-order valence-electron chi connectivity index (χ0n) is 12.0. The molecule has 0 saturated carbocycles. The third kappa shape index (κ3) is 3.09. The molecule has 0 aromatic heterocycles. The molecule has 0 aliphatic carbocycles. The van der Waals surface area contributed by atoms with Crippen LogP contribution < -0.4 is 5.73 Å². The summed E-state index contributed by atoms with van der Waals surface area (Å²) in [5, 5.41) is 0. The molecule has 1 aromatic rings. The Morgan fingerprint density at radius 1 is 1.37 bits per heavy atom. The zero-order valence-corrected chi connectivity index (χ0v) is 12.0. The summed E-state index contributed by atoms with van der Waals surface area (Å²) >= 11 is 0. The van der Waals surface area contributed by atoms with Gasteiger partial charge in [0.2, 0.25) is 0 Å². The maximum Gasteiger partial charge on any atom is 0.254 e. The topological polar surface area (TPSA) is 46.3 Å². The summed E-state index contributed by atoms with van der Waals surface area (Å²) in [6, 6.07) is 5.67. The number of nitrogens with two attached hydrogens (primary N) is 1. The Hall–Kier alpha value is -1.51. The highest BCUT2D eigenvalue weighted by Crippen LogP contribution is 2.26. The van der Waals surface area contributed by atoms with Gasteiger partial charge in [-0.15, -0.1) is 0 Å². The van der Waals surface area contributed by atoms with E-state index in [0.717, 1.165) is 30.6 Å². The number of hydrogen-bond acceptors (Lipinski definition) is 2. The fourth-order valence-electron chi connectivity index (χ4n) is 2.76. The first-order valence-corrected chi connectivity index (χ1v) is 7.33. The Balaban J connectivity index is 2.03. The van der Waals surface area contributed by atoms with Crippen LogP contribution >= 0.6 is 0 Å². The number of fused-ring (bicyclic) bond motifs is 1. The highest BCUT2D eigenvalue weighted by atomic mass is 16.2. The van der Waals surface area contributed by atoms with Gasteiger partial charge in [0.15, 0.2) is 0 Å². The lowest BCUT2D eigenvalue weighted by atomic mass is 9.99. The van der Waals surface area contributed by atoms with E-state index in [1.807, 2.05) is 23.1 Å². The summed E-state index contributed by atoms with van der Waals surface area (Å²) in [5.74, 6) is 0.771. The molecule has 104 valence electrons. The minimum atomic E-state index is 0.150. The molecular weight excluding hydrogens is 236 g/mol. The summed E-state index contributed by atoms with van der Waals surface area (Å²) in [6.45, 7) is 6.05. The van der Waals surface area contributed by atoms with Gasteiger partial charge in [-0.2, -0.15) is 0 Å². The van der Waals surface area contributed by atoms with Crippen LogP contribution in [0, 0.1) is 5.92 Å². The van der Waals surface area contributed by atoms with Crippen LogP contribution in [-0.2, 0) is 6.54 Å². The van der Waals surface area contributed by atoms with Crippen molar-refractivity contribution in [1.82, 2.24) is 4.90 Å². The van der Waals surface area contributed by atoms with Crippen LogP contribution in [0.2, 0.25) is 0 Å². The zero-order chi connectivity index (χ0) is 13.8. The molecule has 1 unspecified atom stereocenters. The molecule has 1 amide bonds. The molecule has 1 atom stereocenters. The predicted octanol–water partition coefficient (Wildman–Crippen LogP) is 3.44. The Morgan fingerprint density at radius 2 is 2.16 bits per heavy atom. The Morgan fingerprint density at radius 3 is 2.84 bits per heavy atom. The van der Waals surface area contributed by atoms with E-state index in [4.69, 9.17) is 5.73 Å². The number of benzene rings is 1. The molecule has 19 heavy (non-hydrogen) atoms. The Bertz CT molecular complexity index is 456. The Labute approximate surface area is 115 Å². The molecule has 2 N–H and O–H groups in total. The average Bonchev–Trinajstić information content (AvgIpc) is 2.71. The fraction of sp³-hybridized carbons (Fsp3) is 0.562. The number of rotatable bonds is 6. The lowest BCUT2D eigenvalue weighted by Gasteiger charge is -2.22. The molecule has 0 bridgehead atoms. The van der Waals surface area contributed by atoms with Gasteiger partial charge >= 0.3 is 0 Å². The van der Waals surface area contributed by atoms with Gasteiger partial charge in [0.1, 0.15) is 0 Å². The molecule has 0 radical (unpaired) electrons. The molecule has 0 spiro atoms. The summed E-state index contributed by atoms with van der Waals surface area (Å²) in [7, 11) is 0. The van der Waals surface area contributed by atoms with Crippen molar-refractivity contribution in [2.75, 3.05) is 12.3 Å². The van der Waals surface area contributed by atoms with Crippen molar-refractivity contribution >= 4 is 11.6 Å². The van der Waals surface area contributed by atoms with Gasteiger partial charge in [-0.25, -0.2) is 0 Å². The highest BCUT2D eigenvalue weighted by molar-refractivity contribution is 5.99. The first-order chi connectivity index (χ1) is 9.15. The van der Waals surface area contributed by atoms with Gasteiger partial charge in [-0.3, -0.25) is 4.79 Å². The third-order valence-electron chi connectivity index (χ3n) is 4.03. The van der Waals surface area contributed by atoms with Crippen LogP contribution in [0.5, 0.6) is 0 Å². The summed E-state index contributed by atoms with van der Waals surface area (Å²) in [5.41, 5.74) is 8.35. The van der Waals surface area contributed by atoms with E-state index in [-0.39, 0.29) is 5.91 Å². The van der Waals surface area contributed by atoms with Gasteiger partial charge in [0.25, 0.3) is 5.91 Å². The molecule has 1 aromatic carbocycles. The maximum atomic E-state index is 12.3. The van der Waals surface area contributed by atoms with Crippen molar-refractivity contribution in [1.29, 1.82) is 0 Å². The minimum absolute atomic E-state index is 0.150. The molecular formula is C16H24N2O. The van der Waals surface area contributed by atoms with E-state index in [1.165, 1.54) is 19.3 Å². The van der Waals surface area contributed by atoms with Crippen molar-refractivity contribution in [2.24, 2.45) is 5.92 Å². The van der Waals surface area contributed by atoms with Crippen LogP contribution in [0.25, 0.3) is 0 Å². The fourth-order valence-corrected chi connectivity index (χ4v) is 2.76. The lowest BCUT2D eigenvalue weighted by molar-refractivity contribution is 0.0746. The third-order valence-corrected chi connectivity index (χ3v) is 4.03. The number of anilines is 1. The van der Waals surface area contributed by atoms with Gasteiger partial charge in [0, 0.05) is 24.3 Å². The minimum Gasteiger partial charge on any atom is -0.399 e. The quantitative estimate of drug-likeness (QED) is 0.796. The maximum absolute atomic E-state index is 12.3. The van der Waals surface area contributed by atoms with Gasteiger partial charge in [-0.05, 0) is 30.0 Å². The van der Waals surface area contributed by atoms with E-state index in [0.29, 0.717) is 11.6 Å². The van der Waals surface area contributed by atoms with Crippen LogP contribution in [0.4, 0.5) is 5.69 Å². The largest absolute Gasteiger partial charge is 0.399 e. The summed E-state index contributed by atoms with van der Waals surface area (Å²) in [6.07, 6.45) is 4.83. The monoisotopic (exact) mass is 260 g/mol. The van der Waals surface area contributed by atoms with Gasteiger partial charge < -0.3 is 10.6 Å². The number of amides is 1. The molecule has 0 fully saturated rings. The second kappa shape index (κ2) is 6.09. The summed E-state index contributed by atoms with van der Waals surface area (Å²) < 4.78 is 0. The average molecular weight is 260 g/mol. The Kier molecular flexibility index (Phi) is 4.46. The first-order valence-electron chi connectivity index (χ1n) is 7.33. The number of nitrogens with zero attached hydrogens (tertiary/aromatic N) is 1. The van der Waals surface area contributed by atoms with Crippen molar-refractivity contribution in [3.05, 3.63) is 29.3 Å². The second-order valence-electron chi connectivity index (χ2n) is 5.52. The predicted molar refractivity (Wildman–Crippen MR) is 78.9 cm³/mol. The highest BCUT2D eigenvalue weighted by Gasteiger charge is 2.28. The molecule has 3 heteroatoms. The van der Waals surface area contributed by atoms with E-state index >= 15 is 0 Å². The van der Waals surface area contributed by atoms with Crippen LogP contribution in [-0.4, -0.2) is 17.4 Å². The molecule has 1 aliphatic rings. The van der Waals surface area contributed by atoms with E-state index < -0.39 is 0 Å². The standard InChI is InChI=1S/C16H24N2O/c1-3-5-6-12(4-2)10-18-11-13-7-8-14(17)9-15(13)16(18)19/h7-9,12H,3-6,10-11,17H2,1-2H3. The molecule has 2 rings (SSSR count). The van der Waals surface area contributed by atoms with Gasteiger partial charge in [-0.1, -0.05) is 39.2 Å². The van der Waals surface area contributed by atoms with Crippen LogP contribution in [0.3, 0.4) is 0 Å². The van der Waals surface area contributed by atoms with Crippen molar-refractivity contribution in [3.8, 4) is 0 Å². The van der Waals surface area contributed by atoms with Gasteiger partial charge in [0.05, 0.1) is 0 Å². The number of hydrogen-bond donors (Lipinski definition) is 1. The first kappa shape index (κ1) is 13.9. The normalized spacial score (nSPS) is 15.7. The number of unbranched alkanes of at least 4 members (excludes halogenated alkanes) is 1. The van der Waals surface area contributed by atoms with E-state index in [9.17, 15) is 4.79 Å². The molecule has 3 nitrogen and oxygen atoms in total. The number of carbonyl (C=O) groups is 1. The SMILES string of the molecule is CCCCC(CC)CN1Cc2ccc(N)cc2C1=O. The van der Waals surface area contributed by atoms with Crippen LogP contribution in [0.1, 0.15) is 55.5 Å². The van der Waals surface area contributed by atoms with Crippen molar-refractivity contribution < 1.29 is 4.79 Å². The van der Waals surface area contributed by atoms with E-state index in [1.54, 1.807) is 0 Å².